The van der Waals surface area contributed by atoms with Gasteiger partial charge in [-0.15, -0.1) is 0 Å². The minimum Gasteiger partial charge on any atom is -0.325 e. The van der Waals surface area contributed by atoms with Crippen molar-refractivity contribution in [2.45, 2.75) is 39.2 Å². The summed E-state index contributed by atoms with van der Waals surface area (Å²) in [5, 5.41) is 5.43. The summed E-state index contributed by atoms with van der Waals surface area (Å²) < 4.78 is 14.4. The third-order valence-electron chi connectivity index (χ3n) is 6.19. The lowest BCUT2D eigenvalue weighted by Gasteiger charge is -2.32. The number of hydrogen-bond acceptors (Lipinski definition) is 4. The van der Waals surface area contributed by atoms with E-state index in [4.69, 9.17) is 0 Å². The summed E-state index contributed by atoms with van der Waals surface area (Å²) >= 11 is 0. The van der Waals surface area contributed by atoms with E-state index in [-0.39, 0.29) is 11.6 Å². The molecule has 0 saturated carbocycles. The molecule has 7 heteroatoms. The predicted molar refractivity (Wildman–Crippen MR) is 132 cm³/mol. The third-order valence-corrected chi connectivity index (χ3v) is 6.19. The fourth-order valence-electron chi connectivity index (χ4n) is 4.24. The van der Waals surface area contributed by atoms with E-state index in [2.05, 4.69) is 27.4 Å². The SMILES string of the molecule is Cc1nc(-c2ccccc2)ccc1C(=O)Nc1cc(NC(=O)CN2CCCC[C@@H]2C)ccc1F. The van der Waals surface area contributed by atoms with Crippen molar-refractivity contribution in [3.63, 3.8) is 0 Å². The summed E-state index contributed by atoms with van der Waals surface area (Å²) in [5.41, 5.74) is 3.04. The normalized spacial score (nSPS) is 16.1. The molecule has 1 aliphatic heterocycles. The second kappa shape index (κ2) is 10.6. The number of carbonyl (C=O) groups excluding carboxylic acids is 2. The lowest BCUT2D eigenvalue weighted by atomic mass is 10.0. The summed E-state index contributed by atoms with van der Waals surface area (Å²) in [6.45, 7) is 5.06. The average molecular weight is 461 g/mol. The van der Waals surface area contributed by atoms with Crippen LogP contribution < -0.4 is 10.6 Å². The van der Waals surface area contributed by atoms with Gasteiger partial charge in [-0.25, -0.2) is 4.39 Å². The van der Waals surface area contributed by atoms with E-state index in [0.717, 1.165) is 30.6 Å². The van der Waals surface area contributed by atoms with Gasteiger partial charge in [0.05, 0.1) is 29.2 Å². The van der Waals surface area contributed by atoms with Gasteiger partial charge in [0.2, 0.25) is 5.91 Å². The Kier molecular flexibility index (Phi) is 7.33. The van der Waals surface area contributed by atoms with E-state index < -0.39 is 11.7 Å². The molecule has 2 N–H and O–H groups in total. The smallest absolute Gasteiger partial charge is 0.257 e. The van der Waals surface area contributed by atoms with Crippen LogP contribution in [0.25, 0.3) is 11.3 Å². The number of anilines is 2. The van der Waals surface area contributed by atoms with Crippen molar-refractivity contribution in [3.8, 4) is 11.3 Å². The van der Waals surface area contributed by atoms with E-state index >= 15 is 0 Å². The standard InChI is InChI=1S/C27H29FN4O2/c1-18-8-6-7-15-32(18)17-26(33)30-21-11-13-23(28)25(16-21)31-27(34)22-12-14-24(29-19(22)2)20-9-4-3-5-10-20/h3-5,9-14,16,18H,6-8,15,17H2,1-2H3,(H,30,33)(H,31,34)/t18-/m0/s1. The topological polar surface area (TPSA) is 74.3 Å². The highest BCUT2D eigenvalue weighted by molar-refractivity contribution is 6.05. The van der Waals surface area contributed by atoms with Crippen LogP contribution in [0.3, 0.4) is 0 Å². The molecule has 6 nitrogen and oxygen atoms in total. The molecule has 176 valence electrons. The van der Waals surface area contributed by atoms with Crippen LogP contribution in [0.4, 0.5) is 15.8 Å². The van der Waals surface area contributed by atoms with Crippen LogP contribution in [0, 0.1) is 12.7 Å². The van der Waals surface area contributed by atoms with E-state index in [1.54, 1.807) is 19.1 Å². The lowest BCUT2D eigenvalue weighted by Crippen LogP contribution is -2.42. The molecule has 34 heavy (non-hydrogen) atoms. The minimum absolute atomic E-state index is 0.000626. The Bertz CT molecular complexity index is 1180. The van der Waals surface area contributed by atoms with Crippen molar-refractivity contribution < 1.29 is 14.0 Å². The summed E-state index contributed by atoms with van der Waals surface area (Å²) in [6.07, 6.45) is 3.36. The third kappa shape index (κ3) is 5.66. The second-order valence-electron chi connectivity index (χ2n) is 8.71. The van der Waals surface area contributed by atoms with Gasteiger partial charge >= 0.3 is 0 Å². The van der Waals surface area contributed by atoms with Crippen molar-refractivity contribution in [3.05, 3.63) is 77.7 Å². The molecule has 0 unspecified atom stereocenters. The number of pyridine rings is 1. The van der Waals surface area contributed by atoms with Crippen LogP contribution in [0.2, 0.25) is 0 Å². The van der Waals surface area contributed by atoms with Gasteiger partial charge in [0.25, 0.3) is 5.91 Å². The fourth-order valence-corrected chi connectivity index (χ4v) is 4.24. The number of likely N-dealkylation sites (tertiary alicyclic amines) is 1. The first kappa shape index (κ1) is 23.6. The Balaban J connectivity index is 1.44. The Morgan fingerprint density at radius 1 is 1.06 bits per heavy atom. The monoisotopic (exact) mass is 460 g/mol. The molecule has 0 spiro atoms. The summed E-state index contributed by atoms with van der Waals surface area (Å²) in [6, 6.07) is 17.7. The fraction of sp³-hybridized carbons (Fsp3) is 0.296. The Morgan fingerprint density at radius 3 is 2.59 bits per heavy atom. The van der Waals surface area contributed by atoms with Crippen molar-refractivity contribution in [2.75, 3.05) is 23.7 Å². The molecule has 1 aromatic heterocycles. The van der Waals surface area contributed by atoms with Gasteiger partial charge in [0.1, 0.15) is 5.82 Å². The largest absolute Gasteiger partial charge is 0.325 e. The quantitative estimate of drug-likeness (QED) is 0.526. The van der Waals surface area contributed by atoms with Crippen LogP contribution >= 0.6 is 0 Å². The van der Waals surface area contributed by atoms with Gasteiger partial charge in [0, 0.05) is 17.3 Å². The maximum absolute atomic E-state index is 14.4. The molecule has 0 bridgehead atoms. The molecule has 2 heterocycles. The number of benzene rings is 2. The highest BCUT2D eigenvalue weighted by atomic mass is 19.1. The van der Waals surface area contributed by atoms with Gasteiger partial charge in [-0.3, -0.25) is 19.5 Å². The van der Waals surface area contributed by atoms with E-state index in [0.29, 0.717) is 29.5 Å². The number of piperidine rings is 1. The Labute approximate surface area is 199 Å². The van der Waals surface area contributed by atoms with Crippen LogP contribution in [-0.2, 0) is 4.79 Å². The number of halogens is 1. The molecule has 1 saturated heterocycles. The minimum atomic E-state index is -0.581. The Morgan fingerprint density at radius 2 is 1.85 bits per heavy atom. The molecular formula is C27H29FN4O2. The zero-order valence-electron chi connectivity index (χ0n) is 19.5. The maximum Gasteiger partial charge on any atom is 0.257 e. The zero-order valence-corrected chi connectivity index (χ0v) is 19.5. The summed E-state index contributed by atoms with van der Waals surface area (Å²) in [5.74, 6) is -1.20. The van der Waals surface area contributed by atoms with Crippen molar-refractivity contribution in [2.24, 2.45) is 0 Å². The highest BCUT2D eigenvalue weighted by Gasteiger charge is 2.21. The van der Waals surface area contributed by atoms with Gasteiger partial charge in [-0.1, -0.05) is 36.8 Å². The molecule has 2 aromatic carbocycles. The van der Waals surface area contributed by atoms with Crippen LogP contribution in [0.1, 0.15) is 42.2 Å². The van der Waals surface area contributed by atoms with Crippen molar-refractivity contribution in [1.29, 1.82) is 0 Å². The Hall–Kier alpha value is -3.58. The molecular weight excluding hydrogens is 431 g/mol. The zero-order chi connectivity index (χ0) is 24.1. The highest BCUT2D eigenvalue weighted by Crippen LogP contribution is 2.23. The molecule has 0 radical (unpaired) electrons. The second-order valence-corrected chi connectivity index (χ2v) is 8.71. The summed E-state index contributed by atoms with van der Waals surface area (Å²) in [7, 11) is 0. The van der Waals surface area contributed by atoms with Gasteiger partial charge in [0.15, 0.2) is 0 Å². The number of nitrogens with zero attached hydrogens (tertiary/aromatic N) is 2. The van der Waals surface area contributed by atoms with Crippen LogP contribution in [0.5, 0.6) is 0 Å². The molecule has 1 aliphatic rings. The number of hydrogen-bond donors (Lipinski definition) is 2. The first-order valence-electron chi connectivity index (χ1n) is 11.6. The van der Waals surface area contributed by atoms with Gasteiger partial charge in [-0.05, 0) is 63.6 Å². The number of amides is 2. The number of carbonyl (C=O) groups is 2. The number of aromatic nitrogens is 1. The number of rotatable bonds is 6. The van der Waals surface area contributed by atoms with Crippen LogP contribution in [0.15, 0.2) is 60.7 Å². The van der Waals surface area contributed by atoms with Gasteiger partial charge < -0.3 is 10.6 Å². The first-order valence-corrected chi connectivity index (χ1v) is 11.6. The average Bonchev–Trinajstić information content (AvgIpc) is 2.83. The lowest BCUT2D eigenvalue weighted by molar-refractivity contribution is -0.118. The summed E-state index contributed by atoms with van der Waals surface area (Å²) in [4.78, 5) is 32.1. The van der Waals surface area contributed by atoms with Gasteiger partial charge in [-0.2, -0.15) is 0 Å². The number of aryl methyl sites for hydroxylation is 1. The van der Waals surface area contributed by atoms with E-state index in [1.165, 1.54) is 24.6 Å². The van der Waals surface area contributed by atoms with E-state index in [9.17, 15) is 14.0 Å². The molecule has 1 fully saturated rings. The maximum atomic E-state index is 14.4. The molecule has 3 aromatic rings. The molecule has 1 atom stereocenters. The van der Waals surface area contributed by atoms with Crippen LogP contribution in [-0.4, -0.2) is 40.8 Å². The van der Waals surface area contributed by atoms with Crippen molar-refractivity contribution >= 4 is 23.2 Å². The molecule has 2 amide bonds. The molecule has 4 rings (SSSR count). The number of nitrogens with one attached hydrogen (secondary N) is 2. The molecule has 0 aliphatic carbocycles. The van der Waals surface area contributed by atoms with E-state index in [1.807, 2.05) is 30.3 Å². The first-order chi connectivity index (χ1) is 16.4. The van der Waals surface area contributed by atoms with Crippen molar-refractivity contribution in [1.82, 2.24) is 9.88 Å². The predicted octanol–water partition coefficient (Wildman–Crippen LogP) is 5.26.